The summed E-state index contributed by atoms with van der Waals surface area (Å²) in [7, 11) is 0. The molecule has 1 saturated carbocycles. The van der Waals surface area contributed by atoms with Crippen molar-refractivity contribution < 1.29 is 19.4 Å². The summed E-state index contributed by atoms with van der Waals surface area (Å²) >= 11 is 0. The van der Waals surface area contributed by atoms with Crippen LogP contribution < -0.4 is 5.73 Å². The second kappa shape index (κ2) is 8.90. The lowest BCUT2D eigenvalue weighted by atomic mass is 9.84. The van der Waals surface area contributed by atoms with Gasteiger partial charge in [-0.05, 0) is 31.1 Å². The van der Waals surface area contributed by atoms with Gasteiger partial charge in [0.1, 0.15) is 6.10 Å². The van der Waals surface area contributed by atoms with Gasteiger partial charge in [0.05, 0.1) is 5.92 Å². The minimum Gasteiger partial charge on any atom is -0.465 e. The number of amides is 1. The van der Waals surface area contributed by atoms with Gasteiger partial charge in [-0.25, -0.2) is 4.79 Å². The number of rotatable bonds is 4. The van der Waals surface area contributed by atoms with E-state index in [1.54, 1.807) is 0 Å². The van der Waals surface area contributed by atoms with Gasteiger partial charge in [0.15, 0.2) is 0 Å². The summed E-state index contributed by atoms with van der Waals surface area (Å²) in [5.41, 5.74) is 4.03. The van der Waals surface area contributed by atoms with Crippen LogP contribution in [0.3, 0.4) is 0 Å². The Hall–Kier alpha value is -1.26. The Kier molecular flexibility index (Phi) is 7.54. The van der Waals surface area contributed by atoms with E-state index in [0.29, 0.717) is 5.92 Å². The Labute approximate surface area is 127 Å². The maximum Gasteiger partial charge on any atom is 0.402 e. The van der Waals surface area contributed by atoms with Crippen molar-refractivity contribution in [1.29, 1.82) is 0 Å². The van der Waals surface area contributed by atoms with Crippen molar-refractivity contribution >= 4 is 12.1 Å². The molecule has 5 heteroatoms. The molecule has 0 radical (unpaired) electrons. The third-order valence-electron chi connectivity index (χ3n) is 4.53. The summed E-state index contributed by atoms with van der Waals surface area (Å²) in [6.07, 6.45) is 9.24. The zero-order valence-corrected chi connectivity index (χ0v) is 13.2. The molecule has 2 atom stereocenters. The van der Waals surface area contributed by atoms with Crippen LogP contribution in [0.25, 0.3) is 0 Å². The molecular formula is C16H29NO4. The van der Waals surface area contributed by atoms with E-state index < -0.39 is 6.09 Å². The lowest BCUT2D eigenvalue weighted by molar-refractivity contribution is -0.145. The number of esters is 1. The number of nitrogens with two attached hydrogens (primary N) is 1. The maximum absolute atomic E-state index is 11.7. The van der Waals surface area contributed by atoms with E-state index in [-0.39, 0.29) is 18.0 Å². The molecular weight excluding hydrogens is 270 g/mol. The fourth-order valence-electron chi connectivity index (χ4n) is 3.30. The second-order valence-corrected chi connectivity index (χ2v) is 6.56. The van der Waals surface area contributed by atoms with Gasteiger partial charge < -0.3 is 15.6 Å². The van der Waals surface area contributed by atoms with Crippen LogP contribution in [0.15, 0.2) is 0 Å². The van der Waals surface area contributed by atoms with E-state index in [1.807, 2.05) is 0 Å². The number of primary amides is 1. The van der Waals surface area contributed by atoms with Gasteiger partial charge in [-0.2, -0.15) is 0 Å². The van der Waals surface area contributed by atoms with Crippen LogP contribution in [0.4, 0.5) is 4.79 Å². The number of carboxylic acid groups (broad SMARTS) is 1. The van der Waals surface area contributed by atoms with Gasteiger partial charge in [0, 0.05) is 0 Å². The highest BCUT2D eigenvalue weighted by Gasteiger charge is 2.36. The predicted molar refractivity (Wildman–Crippen MR) is 80.8 cm³/mol. The maximum atomic E-state index is 11.7. The minimum absolute atomic E-state index is 0.0497. The van der Waals surface area contributed by atoms with Gasteiger partial charge in [-0.1, -0.05) is 46.0 Å². The number of hydrogen-bond donors (Lipinski definition) is 2. The molecule has 0 aromatic rings. The largest absolute Gasteiger partial charge is 0.465 e. The van der Waals surface area contributed by atoms with Crippen molar-refractivity contribution in [3.05, 3.63) is 0 Å². The fourth-order valence-corrected chi connectivity index (χ4v) is 3.30. The average Bonchev–Trinajstić information content (AvgIpc) is 2.78. The molecule has 2 rings (SSSR count). The standard InChI is InChI=1S/C15H26O2.CH3NO2/c1-11(2)14-10-13(17-15(14)16)9-8-12-6-4-3-5-7-12;2-1(3)4/h11-14H,3-10H2,1-2H3;2H2,(H,3,4). The fraction of sp³-hybridized carbons (Fsp3) is 0.875. The van der Waals surface area contributed by atoms with Crippen molar-refractivity contribution in [3.63, 3.8) is 0 Å². The second-order valence-electron chi connectivity index (χ2n) is 6.56. The van der Waals surface area contributed by atoms with Gasteiger partial charge in [0.2, 0.25) is 0 Å². The van der Waals surface area contributed by atoms with Gasteiger partial charge >= 0.3 is 12.1 Å². The van der Waals surface area contributed by atoms with Crippen LogP contribution in [0, 0.1) is 17.8 Å². The first kappa shape index (κ1) is 17.8. The summed E-state index contributed by atoms with van der Waals surface area (Å²) in [6.45, 7) is 4.24. The highest BCUT2D eigenvalue weighted by atomic mass is 16.5. The van der Waals surface area contributed by atoms with Gasteiger partial charge in [-0.15, -0.1) is 0 Å². The van der Waals surface area contributed by atoms with E-state index in [0.717, 1.165) is 18.8 Å². The molecule has 1 saturated heterocycles. The summed E-state index contributed by atoms with van der Waals surface area (Å²) in [6, 6.07) is 0. The van der Waals surface area contributed by atoms with Crippen LogP contribution in [-0.4, -0.2) is 23.3 Å². The predicted octanol–water partition coefficient (Wildman–Crippen LogP) is 3.56. The molecule has 1 heterocycles. The Morgan fingerprint density at radius 3 is 2.33 bits per heavy atom. The molecule has 1 aliphatic carbocycles. The van der Waals surface area contributed by atoms with E-state index in [1.165, 1.54) is 38.5 Å². The summed E-state index contributed by atoms with van der Waals surface area (Å²) in [4.78, 5) is 20.4. The SMILES string of the molecule is CC(C)C1CC(CCC2CCCCC2)OC1=O.NC(=O)O. The number of cyclic esters (lactones) is 1. The first-order chi connectivity index (χ1) is 9.90. The van der Waals surface area contributed by atoms with E-state index in [2.05, 4.69) is 19.6 Å². The van der Waals surface area contributed by atoms with Crippen LogP contribution in [0.1, 0.15) is 65.2 Å². The molecule has 1 amide bonds. The lowest BCUT2D eigenvalue weighted by Gasteiger charge is -2.22. The minimum atomic E-state index is -1.33. The molecule has 21 heavy (non-hydrogen) atoms. The Morgan fingerprint density at radius 1 is 1.29 bits per heavy atom. The molecule has 0 bridgehead atoms. The topological polar surface area (TPSA) is 89.6 Å². The number of ether oxygens (including phenoxy) is 1. The molecule has 0 spiro atoms. The first-order valence-corrected chi connectivity index (χ1v) is 8.09. The molecule has 122 valence electrons. The Bertz CT molecular complexity index is 333. The van der Waals surface area contributed by atoms with Crippen LogP contribution in [0.5, 0.6) is 0 Å². The van der Waals surface area contributed by atoms with Crippen molar-refractivity contribution in [1.82, 2.24) is 0 Å². The number of carbonyl (C=O) groups is 2. The van der Waals surface area contributed by atoms with E-state index in [9.17, 15) is 4.79 Å². The highest BCUT2D eigenvalue weighted by Crippen LogP contribution is 2.33. The van der Waals surface area contributed by atoms with Crippen molar-refractivity contribution in [2.75, 3.05) is 0 Å². The van der Waals surface area contributed by atoms with E-state index >= 15 is 0 Å². The molecule has 2 aliphatic rings. The average molecular weight is 299 g/mol. The van der Waals surface area contributed by atoms with Crippen molar-refractivity contribution in [3.8, 4) is 0 Å². The number of carbonyl (C=O) groups excluding carboxylic acids is 1. The van der Waals surface area contributed by atoms with Gasteiger partial charge in [-0.3, -0.25) is 4.79 Å². The van der Waals surface area contributed by atoms with Crippen LogP contribution >= 0.6 is 0 Å². The Balaban J connectivity index is 0.000000491. The van der Waals surface area contributed by atoms with Crippen LogP contribution in [-0.2, 0) is 9.53 Å². The molecule has 1 aliphatic heterocycles. The van der Waals surface area contributed by atoms with Crippen molar-refractivity contribution in [2.24, 2.45) is 23.5 Å². The molecule has 3 N–H and O–H groups in total. The molecule has 5 nitrogen and oxygen atoms in total. The molecule has 2 unspecified atom stereocenters. The summed E-state index contributed by atoms with van der Waals surface area (Å²) in [5.74, 6) is 1.54. The highest BCUT2D eigenvalue weighted by molar-refractivity contribution is 5.74. The Morgan fingerprint density at radius 2 is 1.86 bits per heavy atom. The van der Waals surface area contributed by atoms with Crippen molar-refractivity contribution in [2.45, 2.75) is 71.3 Å². The summed E-state index contributed by atoms with van der Waals surface area (Å²) in [5, 5.41) is 7.19. The van der Waals surface area contributed by atoms with E-state index in [4.69, 9.17) is 14.6 Å². The normalized spacial score (nSPS) is 26.1. The smallest absolute Gasteiger partial charge is 0.402 e. The summed E-state index contributed by atoms with van der Waals surface area (Å²) < 4.78 is 5.49. The zero-order valence-electron chi connectivity index (χ0n) is 13.2. The van der Waals surface area contributed by atoms with Crippen LogP contribution in [0.2, 0.25) is 0 Å². The zero-order chi connectivity index (χ0) is 15.8. The molecule has 2 fully saturated rings. The third kappa shape index (κ3) is 6.82. The lowest BCUT2D eigenvalue weighted by Crippen LogP contribution is -2.13. The quantitative estimate of drug-likeness (QED) is 0.777. The van der Waals surface area contributed by atoms with Gasteiger partial charge in [0.25, 0.3) is 0 Å². The first-order valence-electron chi connectivity index (χ1n) is 8.09. The molecule has 0 aromatic carbocycles. The third-order valence-corrected chi connectivity index (χ3v) is 4.53. The molecule has 0 aromatic heterocycles. The number of hydrogen-bond acceptors (Lipinski definition) is 3. The monoisotopic (exact) mass is 299 g/mol.